The van der Waals surface area contributed by atoms with E-state index in [9.17, 15) is 5.11 Å². The lowest BCUT2D eigenvalue weighted by molar-refractivity contribution is -0.231. The van der Waals surface area contributed by atoms with Gasteiger partial charge < -0.3 is 29.2 Å². The number of fused-ring (bicyclic) bond motifs is 1. The number of rotatable bonds is 6. The molecule has 0 spiro atoms. The quantitative estimate of drug-likeness (QED) is 0.684. The molecule has 0 saturated carbocycles. The summed E-state index contributed by atoms with van der Waals surface area (Å²) in [6.45, 7) is 5.91. The molecule has 2 saturated heterocycles. The van der Waals surface area contributed by atoms with E-state index < -0.39 is 30.4 Å². The fraction of sp³-hybridized carbons (Fsp3) is 1.00. The van der Waals surface area contributed by atoms with Crippen LogP contribution in [0.5, 0.6) is 0 Å². The smallest absolute Gasteiger partial charge is 0.190 e. The average Bonchev–Trinajstić information content (AvgIpc) is 2.82. The van der Waals surface area contributed by atoms with Crippen LogP contribution in [0.25, 0.3) is 0 Å². The van der Waals surface area contributed by atoms with E-state index in [1.165, 1.54) is 0 Å². The van der Waals surface area contributed by atoms with E-state index in [1.807, 2.05) is 13.8 Å². The molecule has 0 amide bonds. The van der Waals surface area contributed by atoms with E-state index in [-0.39, 0.29) is 12.7 Å². The van der Waals surface area contributed by atoms with Gasteiger partial charge in [-0.05, 0) is 20.3 Å². The predicted octanol–water partition coefficient (Wildman–Crippen LogP) is 0.401. The average molecular weight is 276 g/mol. The first-order valence-electron chi connectivity index (χ1n) is 6.90. The maximum absolute atomic E-state index is 9.80. The topological polar surface area (TPSA) is 77.4 Å². The lowest BCUT2D eigenvalue weighted by atomic mass is 10.1. The fourth-order valence-electron chi connectivity index (χ4n) is 2.47. The highest BCUT2D eigenvalue weighted by Gasteiger charge is 2.56. The third-order valence-corrected chi connectivity index (χ3v) is 3.40. The van der Waals surface area contributed by atoms with Crippen molar-refractivity contribution in [2.24, 2.45) is 0 Å². The third kappa shape index (κ3) is 3.26. The summed E-state index contributed by atoms with van der Waals surface area (Å²) >= 11 is 0. The fourth-order valence-corrected chi connectivity index (χ4v) is 2.47. The van der Waals surface area contributed by atoms with Crippen LogP contribution in [0.4, 0.5) is 0 Å². The van der Waals surface area contributed by atoms with Crippen LogP contribution >= 0.6 is 0 Å². The second-order valence-electron chi connectivity index (χ2n) is 5.51. The number of ether oxygens (including phenoxy) is 4. The molecule has 2 rings (SSSR count). The lowest BCUT2D eigenvalue weighted by Gasteiger charge is -2.27. The van der Waals surface area contributed by atoms with Crippen LogP contribution in [-0.2, 0) is 18.9 Å². The normalized spacial score (nSPS) is 38.4. The predicted molar refractivity (Wildman–Crippen MR) is 66.4 cm³/mol. The van der Waals surface area contributed by atoms with Crippen molar-refractivity contribution in [2.75, 3.05) is 13.2 Å². The van der Waals surface area contributed by atoms with Crippen LogP contribution in [0, 0.1) is 0 Å². The van der Waals surface area contributed by atoms with E-state index in [0.29, 0.717) is 6.61 Å². The Hall–Kier alpha value is -0.240. The highest BCUT2D eigenvalue weighted by molar-refractivity contribution is 4.96. The van der Waals surface area contributed by atoms with Crippen molar-refractivity contribution in [1.29, 1.82) is 0 Å². The SMILES string of the molecule is CCCCOC1C2OC(C)(C)O[C@H]2O[C@@H]1[C@H](O)CO. The Bertz CT molecular complexity index is 295. The maximum atomic E-state index is 9.80. The van der Waals surface area contributed by atoms with Crippen LogP contribution in [-0.4, -0.2) is 59.9 Å². The first-order valence-corrected chi connectivity index (χ1v) is 6.90. The summed E-state index contributed by atoms with van der Waals surface area (Å²) in [6.07, 6.45) is -0.982. The maximum Gasteiger partial charge on any atom is 0.190 e. The van der Waals surface area contributed by atoms with Gasteiger partial charge in [0.25, 0.3) is 0 Å². The Balaban J connectivity index is 2.02. The molecule has 0 radical (unpaired) electrons. The van der Waals surface area contributed by atoms with Crippen molar-refractivity contribution < 1.29 is 29.2 Å². The molecule has 2 aliphatic heterocycles. The molecule has 19 heavy (non-hydrogen) atoms. The zero-order valence-corrected chi connectivity index (χ0v) is 11.7. The summed E-state index contributed by atoms with van der Waals surface area (Å²) in [7, 11) is 0. The number of unbranched alkanes of at least 4 members (excludes halogenated alkanes) is 1. The van der Waals surface area contributed by atoms with Crippen LogP contribution in [0.2, 0.25) is 0 Å². The summed E-state index contributed by atoms with van der Waals surface area (Å²) in [4.78, 5) is 0. The monoisotopic (exact) mass is 276 g/mol. The minimum Gasteiger partial charge on any atom is -0.394 e. The van der Waals surface area contributed by atoms with Crippen LogP contribution in [0.3, 0.4) is 0 Å². The highest BCUT2D eigenvalue weighted by Crippen LogP contribution is 2.39. The van der Waals surface area contributed by atoms with Gasteiger partial charge in [-0.1, -0.05) is 13.3 Å². The van der Waals surface area contributed by atoms with Crippen molar-refractivity contribution in [2.45, 2.75) is 70.1 Å². The largest absolute Gasteiger partial charge is 0.394 e. The Labute approximate surface area is 113 Å². The second kappa shape index (κ2) is 6.03. The molecule has 0 aromatic carbocycles. The molecule has 2 N–H and O–H groups in total. The molecule has 2 fully saturated rings. The molecule has 0 aromatic heterocycles. The Morgan fingerprint density at radius 1 is 1.32 bits per heavy atom. The van der Waals surface area contributed by atoms with Gasteiger partial charge in [-0.3, -0.25) is 0 Å². The first kappa shape index (κ1) is 15.2. The molecular formula is C13H24O6. The molecular weight excluding hydrogens is 252 g/mol. The van der Waals surface area contributed by atoms with Gasteiger partial charge in [0.2, 0.25) is 0 Å². The highest BCUT2D eigenvalue weighted by atomic mass is 16.8. The number of aliphatic hydroxyl groups is 2. The van der Waals surface area contributed by atoms with Crippen molar-refractivity contribution in [3.8, 4) is 0 Å². The van der Waals surface area contributed by atoms with Crippen molar-refractivity contribution in [3.63, 3.8) is 0 Å². The summed E-state index contributed by atoms with van der Waals surface area (Å²) in [5.74, 6) is -0.711. The zero-order chi connectivity index (χ0) is 14.0. The number of hydrogen-bond acceptors (Lipinski definition) is 6. The van der Waals surface area contributed by atoms with Gasteiger partial charge in [0.1, 0.15) is 24.4 Å². The van der Waals surface area contributed by atoms with Crippen LogP contribution < -0.4 is 0 Å². The molecule has 0 aromatic rings. The standard InChI is InChI=1S/C13H24O6/c1-4-5-6-16-10-9(8(15)7-14)17-12-11(10)18-13(2,3)19-12/h8-12,14-15H,4-7H2,1-3H3/t8-,9-,10?,11?,12-/m1/s1. The Morgan fingerprint density at radius 2 is 2.05 bits per heavy atom. The van der Waals surface area contributed by atoms with Crippen LogP contribution in [0.1, 0.15) is 33.6 Å². The summed E-state index contributed by atoms with van der Waals surface area (Å²) in [5.41, 5.74) is 0. The van der Waals surface area contributed by atoms with Gasteiger partial charge in [0.05, 0.1) is 6.61 Å². The van der Waals surface area contributed by atoms with E-state index in [4.69, 9.17) is 24.1 Å². The van der Waals surface area contributed by atoms with Gasteiger partial charge in [-0.2, -0.15) is 0 Å². The molecule has 2 unspecified atom stereocenters. The molecule has 0 aliphatic carbocycles. The lowest BCUT2D eigenvalue weighted by Crippen LogP contribution is -2.44. The minimum absolute atomic E-state index is 0.363. The molecule has 2 aliphatic rings. The Kier molecular flexibility index (Phi) is 4.81. The minimum atomic E-state index is -0.993. The van der Waals surface area contributed by atoms with Crippen molar-refractivity contribution in [1.82, 2.24) is 0 Å². The van der Waals surface area contributed by atoms with E-state index in [2.05, 4.69) is 6.92 Å². The number of hydrogen-bond donors (Lipinski definition) is 2. The Morgan fingerprint density at radius 3 is 2.68 bits per heavy atom. The van der Waals surface area contributed by atoms with Gasteiger partial charge in [0, 0.05) is 6.61 Å². The zero-order valence-electron chi connectivity index (χ0n) is 11.7. The van der Waals surface area contributed by atoms with E-state index in [0.717, 1.165) is 12.8 Å². The first-order chi connectivity index (χ1) is 8.98. The third-order valence-electron chi connectivity index (χ3n) is 3.40. The molecule has 6 nitrogen and oxygen atoms in total. The molecule has 0 bridgehead atoms. The second-order valence-corrected chi connectivity index (χ2v) is 5.51. The summed E-state index contributed by atoms with van der Waals surface area (Å²) < 4.78 is 22.8. The van der Waals surface area contributed by atoms with Crippen molar-refractivity contribution in [3.05, 3.63) is 0 Å². The van der Waals surface area contributed by atoms with E-state index >= 15 is 0 Å². The molecule has 112 valence electrons. The summed E-state index contributed by atoms with van der Waals surface area (Å²) in [6, 6.07) is 0. The molecule has 2 heterocycles. The van der Waals surface area contributed by atoms with Gasteiger partial charge >= 0.3 is 0 Å². The molecule has 6 heteroatoms. The number of aliphatic hydroxyl groups excluding tert-OH is 2. The van der Waals surface area contributed by atoms with Gasteiger partial charge in [-0.25, -0.2) is 0 Å². The molecule has 5 atom stereocenters. The van der Waals surface area contributed by atoms with E-state index in [1.54, 1.807) is 0 Å². The van der Waals surface area contributed by atoms with Crippen LogP contribution in [0.15, 0.2) is 0 Å². The van der Waals surface area contributed by atoms with Crippen molar-refractivity contribution >= 4 is 0 Å². The van der Waals surface area contributed by atoms with Gasteiger partial charge in [-0.15, -0.1) is 0 Å². The van der Waals surface area contributed by atoms with Gasteiger partial charge in [0.15, 0.2) is 12.1 Å². The summed E-state index contributed by atoms with van der Waals surface area (Å²) in [5, 5.41) is 18.9.